The minimum atomic E-state index is -0.122. The highest BCUT2D eigenvalue weighted by Crippen LogP contribution is 2.29. The highest BCUT2D eigenvalue weighted by Gasteiger charge is 2.26. The van der Waals surface area contributed by atoms with Crippen LogP contribution in [0, 0.1) is 0 Å². The number of rotatable bonds is 5. The van der Waals surface area contributed by atoms with Crippen molar-refractivity contribution in [2.75, 3.05) is 43.0 Å². The summed E-state index contributed by atoms with van der Waals surface area (Å²) in [6, 6.07) is 16.9. The van der Waals surface area contributed by atoms with Crippen molar-refractivity contribution in [2.45, 2.75) is 25.5 Å². The highest BCUT2D eigenvalue weighted by molar-refractivity contribution is 5.90. The number of piperazine rings is 1. The normalized spacial score (nSPS) is 18.1. The van der Waals surface area contributed by atoms with Gasteiger partial charge < -0.3 is 24.6 Å². The second kappa shape index (κ2) is 10.4. The van der Waals surface area contributed by atoms with Crippen molar-refractivity contribution < 1.29 is 14.3 Å². The SMILES string of the molecule is O=C(Nc1ccc(Oc2ccccc2)cc1)N1CCN(c2ncnc3c2ncn3C2CCCCO2)CC1. The van der Waals surface area contributed by atoms with Gasteiger partial charge in [-0.25, -0.2) is 19.7 Å². The van der Waals surface area contributed by atoms with Gasteiger partial charge in [-0.15, -0.1) is 0 Å². The number of anilines is 2. The lowest BCUT2D eigenvalue weighted by molar-refractivity contribution is -0.0298. The smallest absolute Gasteiger partial charge is 0.321 e. The minimum Gasteiger partial charge on any atom is -0.457 e. The van der Waals surface area contributed by atoms with Crippen LogP contribution in [-0.4, -0.2) is 63.2 Å². The summed E-state index contributed by atoms with van der Waals surface area (Å²) in [4.78, 5) is 30.5. The van der Waals surface area contributed by atoms with Gasteiger partial charge in [0.15, 0.2) is 17.0 Å². The second-order valence-electron chi connectivity index (χ2n) is 9.19. The number of para-hydroxylation sites is 1. The second-order valence-corrected chi connectivity index (χ2v) is 9.19. The number of nitrogens with one attached hydrogen (secondary N) is 1. The molecule has 4 aromatic rings. The molecule has 2 aromatic carbocycles. The summed E-state index contributed by atoms with van der Waals surface area (Å²) < 4.78 is 13.8. The van der Waals surface area contributed by atoms with E-state index in [4.69, 9.17) is 9.47 Å². The third-order valence-electron chi connectivity index (χ3n) is 6.76. The van der Waals surface area contributed by atoms with Crippen LogP contribution in [0.4, 0.5) is 16.3 Å². The van der Waals surface area contributed by atoms with Gasteiger partial charge >= 0.3 is 6.03 Å². The van der Waals surface area contributed by atoms with E-state index in [2.05, 4.69) is 25.2 Å². The van der Waals surface area contributed by atoms with Crippen LogP contribution in [0.5, 0.6) is 11.5 Å². The number of hydrogen-bond donors (Lipinski definition) is 1. The molecule has 1 unspecified atom stereocenters. The van der Waals surface area contributed by atoms with Gasteiger partial charge in [0, 0.05) is 38.5 Å². The molecule has 0 radical (unpaired) electrons. The molecule has 2 aliphatic rings. The molecule has 190 valence electrons. The van der Waals surface area contributed by atoms with Crippen LogP contribution in [0.3, 0.4) is 0 Å². The van der Waals surface area contributed by atoms with E-state index in [1.54, 1.807) is 12.7 Å². The predicted octanol–water partition coefficient (Wildman–Crippen LogP) is 4.67. The Morgan fingerprint density at radius 2 is 1.70 bits per heavy atom. The van der Waals surface area contributed by atoms with Crippen molar-refractivity contribution in [3.63, 3.8) is 0 Å². The molecule has 0 aliphatic carbocycles. The number of imidazole rings is 1. The molecule has 2 saturated heterocycles. The van der Waals surface area contributed by atoms with Crippen LogP contribution in [0.15, 0.2) is 67.3 Å². The molecule has 10 heteroatoms. The van der Waals surface area contributed by atoms with Gasteiger partial charge in [-0.05, 0) is 55.7 Å². The van der Waals surface area contributed by atoms with E-state index in [1.165, 1.54) is 0 Å². The van der Waals surface area contributed by atoms with E-state index in [1.807, 2.05) is 64.1 Å². The zero-order valence-electron chi connectivity index (χ0n) is 20.5. The van der Waals surface area contributed by atoms with Crippen LogP contribution in [0.1, 0.15) is 25.5 Å². The number of amides is 2. The fourth-order valence-corrected chi connectivity index (χ4v) is 4.78. The zero-order valence-corrected chi connectivity index (χ0v) is 20.5. The molecule has 2 aromatic heterocycles. The number of ether oxygens (including phenoxy) is 2. The lowest BCUT2D eigenvalue weighted by Gasteiger charge is -2.35. The van der Waals surface area contributed by atoms with E-state index >= 15 is 0 Å². The van der Waals surface area contributed by atoms with E-state index in [9.17, 15) is 4.79 Å². The molecular formula is C27H29N7O3. The lowest BCUT2D eigenvalue weighted by atomic mass is 10.2. The van der Waals surface area contributed by atoms with Crippen LogP contribution < -0.4 is 15.0 Å². The van der Waals surface area contributed by atoms with Crippen molar-refractivity contribution in [1.29, 1.82) is 0 Å². The standard InChI is InChI=1S/C27H29N7O3/c35-27(31-20-9-11-22(12-10-20)37-21-6-2-1-3-7-21)33-15-13-32(14-16-33)25-24-26(29-18-28-25)34(19-30-24)23-8-4-5-17-36-23/h1-3,6-7,9-12,18-19,23H,4-5,8,13-17H2,(H,31,35). The maximum atomic E-state index is 12.9. The van der Waals surface area contributed by atoms with Gasteiger partial charge in [0.1, 0.15) is 24.1 Å². The zero-order chi connectivity index (χ0) is 25.0. The molecule has 0 bridgehead atoms. The van der Waals surface area contributed by atoms with Crippen LogP contribution >= 0.6 is 0 Å². The first-order valence-electron chi connectivity index (χ1n) is 12.7. The fourth-order valence-electron chi connectivity index (χ4n) is 4.78. The monoisotopic (exact) mass is 499 g/mol. The number of carbonyl (C=O) groups is 1. The van der Waals surface area contributed by atoms with Gasteiger partial charge in [0.05, 0.1) is 6.33 Å². The molecule has 2 amide bonds. The number of carbonyl (C=O) groups excluding carboxylic acids is 1. The van der Waals surface area contributed by atoms with Crippen LogP contribution in [-0.2, 0) is 4.74 Å². The average Bonchev–Trinajstić information content (AvgIpc) is 3.40. The summed E-state index contributed by atoms with van der Waals surface area (Å²) in [7, 11) is 0. The lowest BCUT2D eigenvalue weighted by Crippen LogP contribution is -2.50. The van der Waals surface area contributed by atoms with Crippen molar-refractivity contribution in [3.8, 4) is 11.5 Å². The van der Waals surface area contributed by atoms with Gasteiger partial charge in [-0.2, -0.15) is 0 Å². The Kier molecular flexibility index (Phi) is 6.55. The summed E-state index contributed by atoms with van der Waals surface area (Å²) in [5, 5.41) is 2.98. The first kappa shape index (κ1) is 23.2. The van der Waals surface area contributed by atoms with Crippen LogP contribution in [0.25, 0.3) is 11.2 Å². The predicted molar refractivity (Wildman–Crippen MR) is 140 cm³/mol. The van der Waals surface area contributed by atoms with Crippen molar-refractivity contribution >= 4 is 28.7 Å². The molecule has 2 fully saturated rings. The Bertz CT molecular complexity index is 1350. The molecule has 4 heterocycles. The number of aromatic nitrogens is 4. The van der Waals surface area contributed by atoms with E-state index in [0.717, 1.165) is 54.3 Å². The van der Waals surface area contributed by atoms with Crippen molar-refractivity contribution in [2.24, 2.45) is 0 Å². The summed E-state index contributed by atoms with van der Waals surface area (Å²) in [6.07, 6.45) is 6.55. The maximum absolute atomic E-state index is 12.9. The molecule has 37 heavy (non-hydrogen) atoms. The third-order valence-corrected chi connectivity index (χ3v) is 6.76. The molecule has 6 rings (SSSR count). The first-order chi connectivity index (χ1) is 18.2. The molecule has 10 nitrogen and oxygen atoms in total. The number of fused-ring (bicyclic) bond motifs is 1. The topological polar surface area (TPSA) is 97.6 Å². The van der Waals surface area contributed by atoms with Crippen molar-refractivity contribution in [1.82, 2.24) is 24.4 Å². The Hall–Kier alpha value is -4.18. The highest BCUT2D eigenvalue weighted by atomic mass is 16.5. The third kappa shape index (κ3) is 5.05. The van der Waals surface area contributed by atoms with E-state index < -0.39 is 0 Å². The number of benzene rings is 2. The quantitative estimate of drug-likeness (QED) is 0.426. The Morgan fingerprint density at radius 3 is 2.46 bits per heavy atom. The first-order valence-corrected chi connectivity index (χ1v) is 12.7. The molecule has 2 aliphatic heterocycles. The Balaban J connectivity index is 1.06. The van der Waals surface area contributed by atoms with Crippen molar-refractivity contribution in [3.05, 3.63) is 67.3 Å². The van der Waals surface area contributed by atoms with Crippen LogP contribution in [0.2, 0.25) is 0 Å². The molecule has 1 N–H and O–H groups in total. The molecule has 0 saturated carbocycles. The summed E-state index contributed by atoms with van der Waals surface area (Å²) >= 11 is 0. The minimum absolute atomic E-state index is 0.0268. The maximum Gasteiger partial charge on any atom is 0.321 e. The van der Waals surface area contributed by atoms with Gasteiger partial charge in [0.2, 0.25) is 0 Å². The van der Waals surface area contributed by atoms with Gasteiger partial charge in [0.25, 0.3) is 0 Å². The van der Waals surface area contributed by atoms with E-state index in [0.29, 0.717) is 31.9 Å². The molecule has 0 spiro atoms. The number of hydrogen-bond acceptors (Lipinski definition) is 7. The van der Waals surface area contributed by atoms with Gasteiger partial charge in [-0.1, -0.05) is 18.2 Å². The number of nitrogens with zero attached hydrogens (tertiary/aromatic N) is 6. The average molecular weight is 500 g/mol. The largest absolute Gasteiger partial charge is 0.457 e. The summed E-state index contributed by atoms with van der Waals surface area (Å²) in [5.41, 5.74) is 2.28. The fraction of sp³-hybridized carbons (Fsp3) is 0.333. The Labute approximate surface area is 214 Å². The van der Waals surface area contributed by atoms with Gasteiger partial charge in [-0.3, -0.25) is 4.57 Å². The molecule has 1 atom stereocenters. The molecular weight excluding hydrogens is 470 g/mol. The Morgan fingerprint density at radius 1 is 0.919 bits per heavy atom. The van der Waals surface area contributed by atoms with E-state index in [-0.39, 0.29) is 12.3 Å². The summed E-state index contributed by atoms with van der Waals surface area (Å²) in [6.45, 7) is 3.25. The summed E-state index contributed by atoms with van der Waals surface area (Å²) in [5.74, 6) is 2.28. The number of urea groups is 1.